The molecule has 1 saturated heterocycles. The number of carbonyl (C=O) groups excluding carboxylic acids is 3. The molecule has 0 spiro atoms. The summed E-state index contributed by atoms with van der Waals surface area (Å²) in [4.78, 5) is 51.3. The van der Waals surface area contributed by atoms with Crippen molar-refractivity contribution >= 4 is 74.4 Å². The number of carboxylic acid groups (broad SMARTS) is 1. The van der Waals surface area contributed by atoms with Gasteiger partial charge < -0.3 is 25.4 Å². The van der Waals surface area contributed by atoms with E-state index in [1.54, 1.807) is 35.2 Å². The fourth-order valence-electron chi connectivity index (χ4n) is 4.60. The van der Waals surface area contributed by atoms with Crippen LogP contribution in [-0.4, -0.2) is 66.5 Å². The molecule has 41 heavy (non-hydrogen) atoms. The summed E-state index contributed by atoms with van der Waals surface area (Å²) in [5.74, 6) is -1.89. The number of nitrogens with zero attached hydrogens (tertiary/aromatic N) is 1. The first-order valence-electron chi connectivity index (χ1n) is 12.9. The molecule has 2 heterocycles. The standard InChI is InChI=1S/C29H29Cl2N3O6S/c1-40-22-4-2-3-20(14-22)28(38)32-16-21(15-24(36)37)33-29(39)17-7-10-34(11-8-17)23(35)6-5-18-13-19-9-12-41-27(19)26(31)25(18)30/h2-6,9,12-14,17,21H,7-8,10-11,15-16H2,1H3,(H,32,38)(H,33,39)(H,36,37). The average Bonchev–Trinajstić information content (AvgIpc) is 3.45. The minimum atomic E-state index is -1.10. The number of carbonyl (C=O) groups is 4. The van der Waals surface area contributed by atoms with Gasteiger partial charge in [0.15, 0.2) is 0 Å². The number of amides is 3. The van der Waals surface area contributed by atoms with Crippen LogP contribution >= 0.6 is 34.5 Å². The molecule has 1 unspecified atom stereocenters. The zero-order chi connectivity index (χ0) is 29.5. The lowest BCUT2D eigenvalue weighted by Crippen LogP contribution is -2.49. The number of aliphatic carboxylic acids is 1. The second-order valence-electron chi connectivity index (χ2n) is 9.61. The Hall–Kier alpha value is -3.60. The maximum atomic E-state index is 13.0. The largest absolute Gasteiger partial charge is 0.497 e. The van der Waals surface area contributed by atoms with Crippen molar-refractivity contribution in [2.75, 3.05) is 26.7 Å². The molecule has 3 N–H and O–H groups in total. The normalized spacial score (nSPS) is 14.7. The quantitative estimate of drug-likeness (QED) is 0.279. The van der Waals surface area contributed by atoms with E-state index in [0.717, 1.165) is 10.1 Å². The van der Waals surface area contributed by atoms with Crippen LogP contribution in [0.2, 0.25) is 10.0 Å². The molecule has 0 aliphatic carbocycles. The molecule has 1 atom stereocenters. The lowest BCUT2D eigenvalue weighted by molar-refractivity contribution is -0.138. The molecule has 3 aromatic rings. The number of fused-ring (bicyclic) bond motifs is 1. The molecule has 1 fully saturated rings. The smallest absolute Gasteiger partial charge is 0.305 e. The van der Waals surface area contributed by atoms with Gasteiger partial charge in [-0.1, -0.05) is 29.3 Å². The number of rotatable bonds is 10. The van der Waals surface area contributed by atoms with E-state index in [4.69, 9.17) is 27.9 Å². The minimum absolute atomic E-state index is 0.0556. The molecular formula is C29H29Cl2N3O6S. The van der Waals surface area contributed by atoms with Crippen LogP contribution < -0.4 is 15.4 Å². The zero-order valence-electron chi connectivity index (χ0n) is 22.2. The van der Waals surface area contributed by atoms with E-state index in [1.165, 1.54) is 24.5 Å². The van der Waals surface area contributed by atoms with Gasteiger partial charge in [-0.05, 0) is 65.6 Å². The van der Waals surface area contributed by atoms with E-state index >= 15 is 0 Å². The predicted octanol–water partition coefficient (Wildman–Crippen LogP) is 4.86. The van der Waals surface area contributed by atoms with Crippen molar-refractivity contribution in [3.05, 3.63) is 69.0 Å². The fraction of sp³-hybridized carbons (Fsp3) is 0.310. The van der Waals surface area contributed by atoms with E-state index in [1.807, 2.05) is 17.5 Å². The first-order valence-corrected chi connectivity index (χ1v) is 14.6. The molecule has 3 amide bonds. The third-order valence-corrected chi connectivity index (χ3v) is 8.79. The molecule has 0 bridgehead atoms. The Balaban J connectivity index is 1.29. The van der Waals surface area contributed by atoms with Gasteiger partial charge in [0.05, 0.1) is 34.3 Å². The molecule has 9 nitrogen and oxygen atoms in total. The number of carboxylic acids is 1. The van der Waals surface area contributed by atoms with Gasteiger partial charge in [0.2, 0.25) is 11.8 Å². The van der Waals surface area contributed by atoms with Crippen LogP contribution in [0.5, 0.6) is 5.75 Å². The highest BCUT2D eigenvalue weighted by molar-refractivity contribution is 7.18. The number of halogens is 2. The summed E-state index contributed by atoms with van der Waals surface area (Å²) < 4.78 is 6.02. The van der Waals surface area contributed by atoms with Crippen molar-refractivity contribution in [1.29, 1.82) is 0 Å². The number of piperidine rings is 1. The molecule has 0 saturated carbocycles. The molecule has 2 aromatic carbocycles. The Kier molecular flexibility index (Phi) is 10.3. The summed E-state index contributed by atoms with van der Waals surface area (Å²) >= 11 is 14.3. The summed E-state index contributed by atoms with van der Waals surface area (Å²) in [6.45, 7) is 0.685. The molecule has 4 rings (SSSR count). The van der Waals surface area contributed by atoms with Crippen molar-refractivity contribution in [2.45, 2.75) is 25.3 Å². The molecule has 1 aliphatic rings. The monoisotopic (exact) mass is 617 g/mol. The van der Waals surface area contributed by atoms with Gasteiger partial charge in [0.1, 0.15) is 5.75 Å². The van der Waals surface area contributed by atoms with Gasteiger partial charge >= 0.3 is 5.97 Å². The summed E-state index contributed by atoms with van der Waals surface area (Å²) in [5, 5.41) is 18.5. The van der Waals surface area contributed by atoms with Crippen LogP contribution in [0.25, 0.3) is 16.2 Å². The van der Waals surface area contributed by atoms with E-state index in [0.29, 0.717) is 52.9 Å². The number of hydrogen-bond acceptors (Lipinski definition) is 6. The van der Waals surface area contributed by atoms with Gasteiger partial charge in [0.25, 0.3) is 5.91 Å². The van der Waals surface area contributed by atoms with Gasteiger partial charge in [-0.15, -0.1) is 11.3 Å². The first-order chi connectivity index (χ1) is 19.7. The topological polar surface area (TPSA) is 125 Å². The van der Waals surface area contributed by atoms with Crippen LogP contribution in [0.1, 0.15) is 35.2 Å². The fourth-order valence-corrected chi connectivity index (χ4v) is 6.04. The van der Waals surface area contributed by atoms with Crippen LogP contribution in [0.4, 0.5) is 0 Å². The zero-order valence-corrected chi connectivity index (χ0v) is 24.5. The second kappa shape index (κ2) is 13.8. The Morgan fingerprint density at radius 1 is 1.15 bits per heavy atom. The highest BCUT2D eigenvalue weighted by Gasteiger charge is 2.28. The van der Waals surface area contributed by atoms with E-state index < -0.39 is 17.9 Å². The van der Waals surface area contributed by atoms with Crippen molar-refractivity contribution in [2.24, 2.45) is 5.92 Å². The van der Waals surface area contributed by atoms with E-state index in [9.17, 15) is 24.3 Å². The van der Waals surface area contributed by atoms with Gasteiger partial charge in [-0.3, -0.25) is 19.2 Å². The molecule has 1 aromatic heterocycles. The number of methoxy groups -OCH3 is 1. The number of hydrogen-bond donors (Lipinski definition) is 3. The summed E-state index contributed by atoms with van der Waals surface area (Å²) in [6, 6.07) is 9.58. The second-order valence-corrected chi connectivity index (χ2v) is 11.3. The van der Waals surface area contributed by atoms with Gasteiger partial charge in [0, 0.05) is 37.2 Å². The third-order valence-electron chi connectivity index (χ3n) is 6.84. The van der Waals surface area contributed by atoms with Crippen LogP contribution in [0.3, 0.4) is 0 Å². The molecule has 1 aliphatic heterocycles. The first kappa shape index (κ1) is 30.4. The Morgan fingerprint density at radius 3 is 2.61 bits per heavy atom. The van der Waals surface area contributed by atoms with Gasteiger partial charge in [-0.25, -0.2) is 0 Å². The number of nitrogens with one attached hydrogen (secondary N) is 2. The third kappa shape index (κ3) is 7.78. The number of thiophene rings is 1. The van der Waals surface area contributed by atoms with E-state index in [2.05, 4.69) is 10.6 Å². The highest BCUT2D eigenvalue weighted by Crippen LogP contribution is 2.37. The lowest BCUT2D eigenvalue weighted by atomic mass is 9.95. The Bertz CT molecular complexity index is 1480. The predicted molar refractivity (Wildman–Crippen MR) is 160 cm³/mol. The molecule has 216 valence electrons. The Labute approximate surface area is 251 Å². The lowest BCUT2D eigenvalue weighted by Gasteiger charge is -2.31. The van der Waals surface area contributed by atoms with Crippen molar-refractivity contribution in [1.82, 2.24) is 15.5 Å². The maximum absolute atomic E-state index is 13.0. The summed E-state index contributed by atoms with van der Waals surface area (Å²) in [5.41, 5.74) is 1.00. The molecule has 0 radical (unpaired) electrons. The number of likely N-dealkylation sites (tertiary alicyclic amines) is 1. The molecular weight excluding hydrogens is 589 g/mol. The number of benzene rings is 2. The van der Waals surface area contributed by atoms with Crippen LogP contribution in [-0.2, 0) is 14.4 Å². The highest BCUT2D eigenvalue weighted by atomic mass is 35.5. The van der Waals surface area contributed by atoms with Crippen LogP contribution in [0, 0.1) is 5.92 Å². The summed E-state index contributed by atoms with van der Waals surface area (Å²) in [7, 11) is 1.49. The van der Waals surface area contributed by atoms with Crippen molar-refractivity contribution < 1.29 is 29.0 Å². The van der Waals surface area contributed by atoms with Crippen LogP contribution in [0.15, 0.2) is 47.9 Å². The minimum Gasteiger partial charge on any atom is -0.497 e. The maximum Gasteiger partial charge on any atom is 0.305 e. The molecule has 12 heteroatoms. The SMILES string of the molecule is COc1cccc(C(=O)NCC(CC(=O)O)NC(=O)C2CCN(C(=O)C=Cc3cc4ccsc4c(Cl)c3Cl)CC2)c1. The van der Waals surface area contributed by atoms with E-state index in [-0.39, 0.29) is 30.7 Å². The van der Waals surface area contributed by atoms with Crippen molar-refractivity contribution in [3.8, 4) is 5.75 Å². The Morgan fingerprint density at radius 2 is 1.90 bits per heavy atom. The number of ether oxygens (including phenoxy) is 1. The van der Waals surface area contributed by atoms with Crippen molar-refractivity contribution in [3.63, 3.8) is 0 Å². The summed E-state index contributed by atoms with van der Waals surface area (Å²) in [6.07, 6.45) is 3.59. The average molecular weight is 619 g/mol. The van der Waals surface area contributed by atoms with Gasteiger partial charge in [-0.2, -0.15) is 0 Å².